The van der Waals surface area contributed by atoms with Gasteiger partial charge in [-0.25, -0.2) is 0 Å². The Morgan fingerprint density at radius 2 is 1.85 bits per heavy atom. The van der Waals surface area contributed by atoms with E-state index in [1.807, 2.05) is 31.5 Å². The van der Waals surface area contributed by atoms with Crippen molar-refractivity contribution in [2.24, 2.45) is 11.8 Å². The van der Waals surface area contributed by atoms with Crippen LogP contribution in [0.5, 0.6) is 0 Å². The van der Waals surface area contributed by atoms with Crippen LogP contribution in [0.25, 0.3) is 0 Å². The van der Waals surface area contributed by atoms with Crippen LogP contribution in [-0.4, -0.2) is 17.9 Å². The number of hydrogen-bond acceptors (Lipinski definition) is 1. The minimum absolute atomic E-state index is 0.0278. The lowest BCUT2D eigenvalue weighted by molar-refractivity contribution is -0.131. The second kappa shape index (κ2) is 2.87. The van der Waals surface area contributed by atoms with E-state index >= 15 is 0 Å². The zero-order valence-electron chi connectivity index (χ0n) is 7.90. The minimum Gasteiger partial charge on any atom is -0.322 e. The number of carbonyl (C=O) groups excluding carboxylic acids is 1. The first-order valence-electron chi connectivity index (χ1n) is 4.50. The lowest BCUT2D eigenvalue weighted by Gasteiger charge is -2.32. The molecule has 1 amide bonds. The average Bonchev–Trinajstić information content (AvgIpc) is 2.15. The van der Waals surface area contributed by atoms with Gasteiger partial charge in [0, 0.05) is 19.2 Å². The molecule has 0 saturated heterocycles. The van der Waals surface area contributed by atoms with Crippen LogP contribution < -0.4 is 0 Å². The standard InChI is InChI=1S/C11H13NO/c1-8-7-12(2)11(13)10-6-4-3-5-9(8)10/h3-7,9-10H,1-2H3. The van der Waals surface area contributed by atoms with Gasteiger partial charge in [0.15, 0.2) is 0 Å². The van der Waals surface area contributed by atoms with E-state index < -0.39 is 0 Å². The van der Waals surface area contributed by atoms with Crippen LogP contribution in [0.4, 0.5) is 0 Å². The molecule has 0 aromatic carbocycles. The summed E-state index contributed by atoms with van der Waals surface area (Å²) in [5.74, 6) is 0.505. The fraction of sp³-hybridized carbons (Fsp3) is 0.364. The van der Waals surface area contributed by atoms with Crippen molar-refractivity contribution in [2.75, 3.05) is 7.05 Å². The van der Waals surface area contributed by atoms with Gasteiger partial charge in [0.05, 0.1) is 5.92 Å². The van der Waals surface area contributed by atoms with Crippen LogP contribution in [-0.2, 0) is 4.79 Å². The van der Waals surface area contributed by atoms with E-state index in [0.717, 1.165) is 0 Å². The first kappa shape index (κ1) is 8.30. The van der Waals surface area contributed by atoms with Crippen molar-refractivity contribution < 1.29 is 4.79 Å². The summed E-state index contributed by atoms with van der Waals surface area (Å²) in [5.41, 5.74) is 1.26. The maximum atomic E-state index is 11.7. The van der Waals surface area contributed by atoms with Gasteiger partial charge in [-0.1, -0.05) is 24.3 Å². The molecule has 2 unspecified atom stereocenters. The van der Waals surface area contributed by atoms with E-state index in [9.17, 15) is 4.79 Å². The second-order valence-electron chi connectivity index (χ2n) is 3.64. The Morgan fingerprint density at radius 1 is 1.23 bits per heavy atom. The van der Waals surface area contributed by atoms with Crippen LogP contribution in [0, 0.1) is 11.8 Å². The molecule has 0 aromatic heterocycles. The molecule has 2 rings (SSSR count). The number of allylic oxidation sites excluding steroid dienone is 4. The number of nitrogens with zero attached hydrogens (tertiary/aromatic N) is 1. The van der Waals surface area contributed by atoms with E-state index in [2.05, 4.69) is 13.0 Å². The van der Waals surface area contributed by atoms with Crippen LogP contribution in [0.3, 0.4) is 0 Å². The molecular formula is C11H13NO. The molecule has 2 aliphatic rings. The third-order valence-corrected chi connectivity index (χ3v) is 2.69. The highest BCUT2D eigenvalue weighted by atomic mass is 16.2. The first-order valence-corrected chi connectivity index (χ1v) is 4.50. The van der Waals surface area contributed by atoms with Gasteiger partial charge < -0.3 is 4.90 Å². The Kier molecular flexibility index (Phi) is 1.83. The molecule has 68 valence electrons. The van der Waals surface area contributed by atoms with Gasteiger partial charge in [0.25, 0.3) is 0 Å². The van der Waals surface area contributed by atoms with E-state index in [1.54, 1.807) is 4.90 Å². The van der Waals surface area contributed by atoms with Gasteiger partial charge in [-0.3, -0.25) is 4.79 Å². The number of rotatable bonds is 0. The average molecular weight is 175 g/mol. The molecule has 13 heavy (non-hydrogen) atoms. The van der Waals surface area contributed by atoms with Crippen LogP contribution in [0.15, 0.2) is 36.1 Å². The Hall–Kier alpha value is -1.31. The molecule has 2 nitrogen and oxygen atoms in total. The molecule has 0 radical (unpaired) electrons. The summed E-state index contributed by atoms with van der Waals surface area (Å²) in [4.78, 5) is 13.4. The van der Waals surface area contributed by atoms with Crippen LogP contribution in [0.2, 0.25) is 0 Å². The Balaban J connectivity index is 2.40. The summed E-state index contributed by atoms with van der Waals surface area (Å²) in [5, 5.41) is 0. The van der Waals surface area contributed by atoms with Crippen molar-refractivity contribution in [3.05, 3.63) is 36.1 Å². The number of hydrogen-bond donors (Lipinski definition) is 0. The van der Waals surface area contributed by atoms with E-state index in [4.69, 9.17) is 0 Å². The zero-order valence-corrected chi connectivity index (χ0v) is 7.90. The molecule has 1 aliphatic heterocycles. The van der Waals surface area contributed by atoms with E-state index in [-0.39, 0.29) is 17.7 Å². The molecule has 0 aromatic rings. The van der Waals surface area contributed by atoms with Crippen molar-refractivity contribution in [3.63, 3.8) is 0 Å². The predicted molar refractivity (Wildman–Crippen MR) is 51.8 cm³/mol. The molecule has 1 aliphatic carbocycles. The highest BCUT2D eigenvalue weighted by molar-refractivity contribution is 5.84. The number of fused-ring (bicyclic) bond motifs is 1. The maximum Gasteiger partial charge on any atom is 0.234 e. The Morgan fingerprint density at radius 3 is 2.54 bits per heavy atom. The molecule has 0 bridgehead atoms. The summed E-state index contributed by atoms with van der Waals surface area (Å²) >= 11 is 0. The van der Waals surface area contributed by atoms with Gasteiger partial charge in [-0.05, 0) is 12.5 Å². The van der Waals surface area contributed by atoms with Crippen molar-refractivity contribution in [1.82, 2.24) is 4.90 Å². The molecule has 0 fully saturated rings. The molecule has 1 heterocycles. The molecule has 0 spiro atoms. The monoisotopic (exact) mass is 175 g/mol. The number of carbonyl (C=O) groups is 1. The fourth-order valence-electron chi connectivity index (χ4n) is 1.97. The van der Waals surface area contributed by atoms with Crippen molar-refractivity contribution in [1.29, 1.82) is 0 Å². The largest absolute Gasteiger partial charge is 0.322 e. The highest BCUT2D eigenvalue weighted by Crippen LogP contribution is 2.31. The minimum atomic E-state index is 0.0278. The van der Waals surface area contributed by atoms with Gasteiger partial charge >= 0.3 is 0 Å². The summed E-state index contributed by atoms with van der Waals surface area (Å²) in [6.45, 7) is 2.07. The summed E-state index contributed by atoms with van der Waals surface area (Å²) in [6.07, 6.45) is 9.97. The normalized spacial score (nSPS) is 31.7. The second-order valence-corrected chi connectivity index (χ2v) is 3.64. The van der Waals surface area contributed by atoms with Gasteiger partial charge in [-0.15, -0.1) is 0 Å². The fourth-order valence-corrected chi connectivity index (χ4v) is 1.97. The highest BCUT2D eigenvalue weighted by Gasteiger charge is 2.32. The van der Waals surface area contributed by atoms with Crippen molar-refractivity contribution in [3.8, 4) is 0 Å². The third kappa shape index (κ3) is 1.22. The SMILES string of the molecule is CC1=CN(C)C(=O)C2C=CC=CC12. The lowest BCUT2D eigenvalue weighted by atomic mass is 9.81. The summed E-state index contributed by atoms with van der Waals surface area (Å²) < 4.78 is 0. The third-order valence-electron chi connectivity index (χ3n) is 2.69. The first-order chi connectivity index (χ1) is 6.20. The van der Waals surface area contributed by atoms with Gasteiger partial charge in [0.1, 0.15) is 0 Å². The van der Waals surface area contributed by atoms with Gasteiger partial charge in [-0.2, -0.15) is 0 Å². The van der Waals surface area contributed by atoms with Crippen molar-refractivity contribution in [2.45, 2.75) is 6.92 Å². The van der Waals surface area contributed by atoms with Crippen molar-refractivity contribution >= 4 is 5.91 Å². The lowest BCUT2D eigenvalue weighted by Crippen LogP contribution is -2.37. The Labute approximate surface area is 78.2 Å². The Bertz CT molecular complexity index is 325. The topological polar surface area (TPSA) is 20.3 Å². The maximum absolute atomic E-state index is 11.7. The smallest absolute Gasteiger partial charge is 0.234 e. The summed E-state index contributed by atoms with van der Waals surface area (Å²) in [7, 11) is 1.81. The van der Waals surface area contributed by atoms with Gasteiger partial charge in [0.2, 0.25) is 5.91 Å². The molecule has 2 atom stereocenters. The zero-order chi connectivity index (χ0) is 9.42. The molecular weight excluding hydrogens is 162 g/mol. The van der Waals surface area contributed by atoms with E-state index in [0.29, 0.717) is 0 Å². The number of amides is 1. The van der Waals surface area contributed by atoms with E-state index in [1.165, 1.54) is 5.57 Å². The van der Waals surface area contributed by atoms with Crippen LogP contribution >= 0.6 is 0 Å². The molecule has 2 heteroatoms. The predicted octanol–water partition coefficient (Wildman–Crippen LogP) is 1.72. The quantitative estimate of drug-likeness (QED) is 0.549. The molecule has 0 saturated carbocycles. The summed E-state index contributed by atoms with van der Waals surface area (Å²) in [6, 6.07) is 0. The molecule has 0 N–H and O–H groups in total. The van der Waals surface area contributed by atoms with Crippen LogP contribution in [0.1, 0.15) is 6.92 Å².